The van der Waals surface area contributed by atoms with Crippen LogP contribution in [0.2, 0.25) is 0 Å². The molecule has 0 saturated heterocycles. The second-order valence-electron chi connectivity index (χ2n) is 6.51. The van der Waals surface area contributed by atoms with E-state index in [4.69, 9.17) is 5.11 Å². The summed E-state index contributed by atoms with van der Waals surface area (Å²) < 4.78 is 0. The summed E-state index contributed by atoms with van der Waals surface area (Å²) in [7, 11) is 0. The Labute approximate surface area is 125 Å². The summed E-state index contributed by atoms with van der Waals surface area (Å²) in [5.74, 6) is -0.676. The minimum atomic E-state index is -1.04. The smallest absolute Gasteiger partial charge is 0.309 e. The summed E-state index contributed by atoms with van der Waals surface area (Å²) in [5.41, 5.74) is 0.0639. The largest absolute Gasteiger partial charge is 0.481 e. The Kier molecular flexibility index (Phi) is 4.66. The first-order valence-electron chi connectivity index (χ1n) is 7.48. The number of rotatable bonds is 6. The SMILES string of the molecule is CC(C)(CC(=O)NC(c1ccccc1)C1CCC1)C(=O)O. The molecule has 1 aromatic carbocycles. The van der Waals surface area contributed by atoms with Gasteiger partial charge in [0.25, 0.3) is 0 Å². The number of nitrogens with one attached hydrogen (secondary N) is 1. The topological polar surface area (TPSA) is 66.4 Å². The van der Waals surface area contributed by atoms with Gasteiger partial charge in [-0.05, 0) is 38.2 Å². The molecule has 1 amide bonds. The van der Waals surface area contributed by atoms with Crippen LogP contribution in [0, 0.1) is 11.3 Å². The zero-order chi connectivity index (χ0) is 15.5. The number of hydrogen-bond acceptors (Lipinski definition) is 2. The fourth-order valence-corrected chi connectivity index (χ4v) is 2.61. The van der Waals surface area contributed by atoms with Crippen molar-refractivity contribution in [1.82, 2.24) is 5.32 Å². The van der Waals surface area contributed by atoms with Crippen molar-refractivity contribution in [2.75, 3.05) is 0 Å². The third-order valence-electron chi connectivity index (χ3n) is 4.28. The van der Waals surface area contributed by atoms with E-state index in [2.05, 4.69) is 5.32 Å². The molecule has 0 aromatic heterocycles. The zero-order valence-corrected chi connectivity index (χ0v) is 12.6. The van der Waals surface area contributed by atoms with E-state index in [0.717, 1.165) is 18.4 Å². The Hall–Kier alpha value is -1.84. The van der Waals surface area contributed by atoms with Gasteiger partial charge in [0.15, 0.2) is 0 Å². The van der Waals surface area contributed by atoms with Gasteiger partial charge < -0.3 is 10.4 Å². The monoisotopic (exact) mass is 289 g/mol. The molecular formula is C17H23NO3. The van der Waals surface area contributed by atoms with Crippen LogP contribution in [0.4, 0.5) is 0 Å². The van der Waals surface area contributed by atoms with Gasteiger partial charge in [0.05, 0.1) is 11.5 Å². The molecule has 0 bridgehead atoms. The van der Waals surface area contributed by atoms with E-state index in [-0.39, 0.29) is 18.4 Å². The van der Waals surface area contributed by atoms with Crippen molar-refractivity contribution in [3.05, 3.63) is 35.9 Å². The average molecular weight is 289 g/mol. The summed E-state index contributed by atoms with van der Waals surface area (Å²) in [5, 5.41) is 12.2. The first-order chi connectivity index (χ1) is 9.90. The van der Waals surface area contributed by atoms with Gasteiger partial charge >= 0.3 is 5.97 Å². The van der Waals surface area contributed by atoms with Crippen molar-refractivity contribution >= 4 is 11.9 Å². The standard InChI is InChI=1S/C17H23NO3/c1-17(2,16(20)21)11-14(19)18-15(13-9-6-10-13)12-7-4-3-5-8-12/h3-5,7-8,13,15H,6,9-11H2,1-2H3,(H,18,19)(H,20,21). The number of aliphatic carboxylic acids is 1. The van der Waals surface area contributed by atoms with Crippen LogP contribution in [0.25, 0.3) is 0 Å². The maximum Gasteiger partial charge on any atom is 0.309 e. The Bertz CT molecular complexity index is 506. The van der Waals surface area contributed by atoms with Crippen molar-refractivity contribution in [2.45, 2.75) is 45.6 Å². The number of benzene rings is 1. The molecule has 1 saturated carbocycles. The lowest BCUT2D eigenvalue weighted by Crippen LogP contribution is -2.39. The van der Waals surface area contributed by atoms with Gasteiger partial charge in [-0.1, -0.05) is 36.8 Å². The zero-order valence-electron chi connectivity index (χ0n) is 12.6. The highest BCUT2D eigenvalue weighted by Gasteiger charge is 2.33. The molecule has 1 aromatic rings. The lowest BCUT2D eigenvalue weighted by molar-refractivity contribution is -0.149. The normalized spacial score (nSPS) is 16.9. The molecule has 1 fully saturated rings. The highest BCUT2D eigenvalue weighted by atomic mass is 16.4. The molecule has 1 aliphatic rings. The van der Waals surface area contributed by atoms with Crippen molar-refractivity contribution in [2.24, 2.45) is 11.3 Å². The Morgan fingerprint density at radius 3 is 2.38 bits per heavy atom. The van der Waals surface area contributed by atoms with Crippen LogP contribution in [0.3, 0.4) is 0 Å². The highest BCUT2D eigenvalue weighted by molar-refractivity contribution is 5.84. The van der Waals surface area contributed by atoms with Gasteiger partial charge in [0, 0.05) is 6.42 Å². The first kappa shape index (κ1) is 15.5. The Morgan fingerprint density at radius 2 is 1.90 bits per heavy atom. The van der Waals surface area contributed by atoms with Gasteiger partial charge in [-0.25, -0.2) is 0 Å². The Morgan fingerprint density at radius 1 is 1.29 bits per heavy atom. The number of carbonyl (C=O) groups excluding carboxylic acids is 1. The second kappa shape index (κ2) is 6.29. The predicted octanol–water partition coefficient (Wildman–Crippen LogP) is 3.14. The van der Waals surface area contributed by atoms with Crippen molar-refractivity contribution in [1.29, 1.82) is 0 Å². The molecule has 0 heterocycles. The number of amides is 1. The maximum absolute atomic E-state index is 12.2. The van der Waals surface area contributed by atoms with Crippen molar-refractivity contribution in [3.8, 4) is 0 Å². The second-order valence-corrected chi connectivity index (χ2v) is 6.51. The molecule has 1 aliphatic carbocycles. The quantitative estimate of drug-likeness (QED) is 0.845. The number of carboxylic acids is 1. The molecule has 4 heteroatoms. The summed E-state index contributed by atoms with van der Waals surface area (Å²) in [6, 6.07) is 9.92. The number of hydrogen-bond donors (Lipinski definition) is 2. The molecule has 0 spiro atoms. The predicted molar refractivity (Wildman–Crippen MR) is 80.7 cm³/mol. The summed E-state index contributed by atoms with van der Waals surface area (Å²) in [6.07, 6.45) is 3.42. The minimum absolute atomic E-state index is 0.00160. The number of carbonyl (C=O) groups is 2. The van der Waals surface area contributed by atoms with Crippen LogP contribution < -0.4 is 5.32 Å². The Balaban J connectivity index is 2.06. The average Bonchev–Trinajstić information content (AvgIpc) is 2.36. The maximum atomic E-state index is 12.2. The summed E-state index contributed by atoms with van der Waals surface area (Å²) in [6.45, 7) is 3.16. The van der Waals surface area contributed by atoms with Crippen molar-refractivity contribution in [3.63, 3.8) is 0 Å². The van der Waals surface area contributed by atoms with E-state index in [1.807, 2.05) is 30.3 Å². The fourth-order valence-electron chi connectivity index (χ4n) is 2.61. The first-order valence-corrected chi connectivity index (χ1v) is 7.48. The molecule has 0 aliphatic heterocycles. The van der Waals surface area contributed by atoms with Crippen LogP contribution in [-0.4, -0.2) is 17.0 Å². The van der Waals surface area contributed by atoms with Crippen LogP contribution in [0.1, 0.15) is 51.1 Å². The van der Waals surface area contributed by atoms with E-state index >= 15 is 0 Å². The highest BCUT2D eigenvalue weighted by Crippen LogP contribution is 2.38. The van der Waals surface area contributed by atoms with Crippen LogP contribution >= 0.6 is 0 Å². The molecule has 1 atom stereocenters. The summed E-state index contributed by atoms with van der Waals surface area (Å²) >= 11 is 0. The van der Waals surface area contributed by atoms with Crippen LogP contribution in [-0.2, 0) is 9.59 Å². The third kappa shape index (κ3) is 3.84. The van der Waals surface area contributed by atoms with Gasteiger partial charge in [0.1, 0.15) is 0 Å². The number of carboxylic acid groups (broad SMARTS) is 1. The molecule has 2 N–H and O–H groups in total. The summed E-state index contributed by atoms with van der Waals surface area (Å²) in [4.78, 5) is 23.4. The minimum Gasteiger partial charge on any atom is -0.481 e. The van der Waals surface area contributed by atoms with Gasteiger partial charge in [-0.2, -0.15) is 0 Å². The van der Waals surface area contributed by atoms with E-state index in [0.29, 0.717) is 5.92 Å². The molecule has 0 radical (unpaired) electrons. The molecule has 2 rings (SSSR count). The van der Waals surface area contributed by atoms with Gasteiger partial charge in [-0.15, -0.1) is 0 Å². The van der Waals surface area contributed by atoms with E-state index in [1.165, 1.54) is 6.42 Å². The van der Waals surface area contributed by atoms with E-state index < -0.39 is 11.4 Å². The lowest BCUT2D eigenvalue weighted by Gasteiger charge is -2.35. The van der Waals surface area contributed by atoms with Crippen LogP contribution in [0.5, 0.6) is 0 Å². The van der Waals surface area contributed by atoms with Crippen LogP contribution in [0.15, 0.2) is 30.3 Å². The van der Waals surface area contributed by atoms with E-state index in [9.17, 15) is 9.59 Å². The fraction of sp³-hybridized carbons (Fsp3) is 0.529. The molecular weight excluding hydrogens is 266 g/mol. The lowest BCUT2D eigenvalue weighted by atomic mass is 9.77. The van der Waals surface area contributed by atoms with Crippen molar-refractivity contribution < 1.29 is 14.7 Å². The van der Waals surface area contributed by atoms with Gasteiger partial charge in [-0.3, -0.25) is 9.59 Å². The van der Waals surface area contributed by atoms with Gasteiger partial charge in [0.2, 0.25) is 5.91 Å². The molecule has 1 unspecified atom stereocenters. The molecule has 21 heavy (non-hydrogen) atoms. The van der Waals surface area contributed by atoms with E-state index in [1.54, 1.807) is 13.8 Å². The third-order valence-corrected chi connectivity index (χ3v) is 4.28. The molecule has 114 valence electrons. The molecule has 4 nitrogen and oxygen atoms in total.